The van der Waals surface area contributed by atoms with E-state index in [-0.39, 0.29) is 12.4 Å². The number of ether oxygens (including phenoxy) is 2. The average Bonchev–Trinajstić information content (AvgIpc) is 2.52. The van der Waals surface area contributed by atoms with Crippen molar-refractivity contribution in [3.8, 4) is 11.5 Å². The second kappa shape index (κ2) is 10.00. The van der Waals surface area contributed by atoms with Crippen molar-refractivity contribution in [3.63, 3.8) is 0 Å². The zero-order valence-electron chi connectivity index (χ0n) is 13.9. The van der Waals surface area contributed by atoms with Gasteiger partial charge in [-0.2, -0.15) is 0 Å². The first-order chi connectivity index (χ1) is 11.0. The number of benzene rings is 2. The lowest BCUT2D eigenvalue weighted by Crippen LogP contribution is -2.21. The van der Waals surface area contributed by atoms with Gasteiger partial charge in [0.2, 0.25) is 0 Å². The standard InChI is InChI=1S/C18H21Cl2NO2.ClH/c1-12(2)21-10-13-4-7-17(18(8-13)22-3)23-11-14-5-6-15(19)9-16(14)20;/h4-9,12,21H,10-11H2,1-3H3;1H. The van der Waals surface area contributed by atoms with Crippen LogP contribution in [0.25, 0.3) is 0 Å². The predicted molar refractivity (Wildman–Crippen MR) is 103 cm³/mol. The molecule has 1 N–H and O–H groups in total. The van der Waals surface area contributed by atoms with Crippen molar-refractivity contribution >= 4 is 35.6 Å². The van der Waals surface area contributed by atoms with E-state index in [9.17, 15) is 0 Å². The number of hydrogen-bond acceptors (Lipinski definition) is 3. The quantitative estimate of drug-likeness (QED) is 0.677. The smallest absolute Gasteiger partial charge is 0.161 e. The Bertz CT molecular complexity index is 663. The van der Waals surface area contributed by atoms with Crippen molar-refractivity contribution in [2.45, 2.75) is 33.0 Å². The summed E-state index contributed by atoms with van der Waals surface area (Å²) < 4.78 is 11.3. The lowest BCUT2D eigenvalue weighted by atomic mass is 10.2. The van der Waals surface area contributed by atoms with Crippen LogP contribution in [0, 0.1) is 0 Å². The summed E-state index contributed by atoms with van der Waals surface area (Å²) in [6, 6.07) is 11.7. The molecule has 0 aliphatic rings. The average molecular weight is 391 g/mol. The molecule has 2 aromatic carbocycles. The highest BCUT2D eigenvalue weighted by atomic mass is 35.5. The molecule has 0 saturated carbocycles. The van der Waals surface area contributed by atoms with Crippen molar-refractivity contribution in [1.82, 2.24) is 5.32 Å². The summed E-state index contributed by atoms with van der Waals surface area (Å²) in [5.41, 5.74) is 2.02. The maximum absolute atomic E-state index is 6.16. The fourth-order valence-electron chi connectivity index (χ4n) is 2.06. The summed E-state index contributed by atoms with van der Waals surface area (Å²) in [7, 11) is 1.64. The molecule has 24 heavy (non-hydrogen) atoms. The molecule has 0 aromatic heterocycles. The van der Waals surface area contributed by atoms with Crippen molar-refractivity contribution < 1.29 is 9.47 Å². The van der Waals surface area contributed by atoms with Crippen LogP contribution in [-0.4, -0.2) is 13.2 Å². The highest BCUT2D eigenvalue weighted by molar-refractivity contribution is 6.35. The van der Waals surface area contributed by atoms with Crippen LogP contribution in [0.5, 0.6) is 11.5 Å². The van der Waals surface area contributed by atoms with Crippen LogP contribution in [0.4, 0.5) is 0 Å². The minimum atomic E-state index is 0. The van der Waals surface area contributed by atoms with Gasteiger partial charge in [-0.15, -0.1) is 12.4 Å². The molecule has 0 radical (unpaired) electrons. The molecule has 0 aliphatic heterocycles. The van der Waals surface area contributed by atoms with Crippen molar-refractivity contribution in [3.05, 3.63) is 57.6 Å². The van der Waals surface area contributed by atoms with Crippen LogP contribution in [0.2, 0.25) is 10.0 Å². The number of rotatable bonds is 7. The monoisotopic (exact) mass is 389 g/mol. The van der Waals surface area contributed by atoms with E-state index < -0.39 is 0 Å². The van der Waals surface area contributed by atoms with Gasteiger partial charge in [0, 0.05) is 28.2 Å². The van der Waals surface area contributed by atoms with E-state index in [2.05, 4.69) is 19.2 Å². The van der Waals surface area contributed by atoms with Gasteiger partial charge in [-0.1, -0.05) is 49.2 Å². The van der Waals surface area contributed by atoms with Crippen molar-refractivity contribution in [1.29, 1.82) is 0 Å². The van der Waals surface area contributed by atoms with Gasteiger partial charge in [-0.05, 0) is 29.8 Å². The molecule has 2 aromatic rings. The van der Waals surface area contributed by atoms with Crippen LogP contribution in [0.1, 0.15) is 25.0 Å². The Hall–Kier alpha value is -1.13. The highest BCUT2D eigenvalue weighted by Gasteiger charge is 2.08. The van der Waals surface area contributed by atoms with Crippen LogP contribution in [-0.2, 0) is 13.2 Å². The summed E-state index contributed by atoms with van der Waals surface area (Å²) in [4.78, 5) is 0. The van der Waals surface area contributed by atoms with Gasteiger partial charge in [0.05, 0.1) is 7.11 Å². The molecule has 0 heterocycles. The molecule has 0 amide bonds. The van der Waals surface area contributed by atoms with Crippen molar-refractivity contribution in [2.75, 3.05) is 7.11 Å². The fraction of sp³-hybridized carbons (Fsp3) is 0.333. The molecular formula is C18H22Cl3NO2. The Morgan fingerprint density at radius 3 is 2.42 bits per heavy atom. The second-order valence-electron chi connectivity index (χ2n) is 5.55. The van der Waals surface area contributed by atoms with E-state index in [0.717, 1.165) is 17.7 Å². The van der Waals surface area contributed by atoms with Crippen LogP contribution in [0.3, 0.4) is 0 Å². The molecule has 6 heteroatoms. The van der Waals surface area contributed by atoms with Crippen LogP contribution >= 0.6 is 35.6 Å². The molecule has 0 fully saturated rings. The first-order valence-corrected chi connectivity index (χ1v) is 8.22. The molecular weight excluding hydrogens is 369 g/mol. The molecule has 0 bridgehead atoms. The van der Waals surface area contributed by atoms with Crippen LogP contribution in [0.15, 0.2) is 36.4 Å². The first kappa shape index (κ1) is 20.9. The molecule has 3 nitrogen and oxygen atoms in total. The van der Waals surface area contributed by atoms with Gasteiger partial charge in [-0.25, -0.2) is 0 Å². The second-order valence-corrected chi connectivity index (χ2v) is 6.39. The Morgan fingerprint density at radius 2 is 1.79 bits per heavy atom. The SMILES string of the molecule is COc1cc(CNC(C)C)ccc1OCc1ccc(Cl)cc1Cl.Cl. The van der Waals surface area contributed by atoms with E-state index in [4.69, 9.17) is 32.7 Å². The fourth-order valence-corrected chi connectivity index (χ4v) is 2.52. The van der Waals surface area contributed by atoms with Gasteiger partial charge < -0.3 is 14.8 Å². The first-order valence-electron chi connectivity index (χ1n) is 7.46. The van der Waals surface area contributed by atoms with Crippen LogP contribution < -0.4 is 14.8 Å². The number of methoxy groups -OCH3 is 1. The predicted octanol–water partition coefficient (Wildman–Crippen LogP) is 5.50. The van der Waals surface area contributed by atoms with E-state index in [1.54, 1.807) is 19.2 Å². The minimum absolute atomic E-state index is 0. The maximum atomic E-state index is 6.16. The number of halogens is 3. The molecule has 0 spiro atoms. The lowest BCUT2D eigenvalue weighted by Gasteiger charge is -2.14. The third-order valence-electron chi connectivity index (χ3n) is 3.34. The molecule has 0 atom stereocenters. The van der Waals surface area contributed by atoms with E-state index in [0.29, 0.717) is 34.2 Å². The lowest BCUT2D eigenvalue weighted by molar-refractivity contribution is 0.284. The summed E-state index contributed by atoms with van der Waals surface area (Å²) in [6.45, 7) is 5.38. The number of nitrogens with one attached hydrogen (secondary N) is 1. The van der Waals surface area contributed by atoms with E-state index in [1.807, 2.05) is 24.3 Å². The molecule has 0 aliphatic carbocycles. The zero-order chi connectivity index (χ0) is 16.8. The third-order valence-corrected chi connectivity index (χ3v) is 3.93. The summed E-state index contributed by atoms with van der Waals surface area (Å²) in [5.74, 6) is 1.39. The Kier molecular flexibility index (Phi) is 8.71. The van der Waals surface area contributed by atoms with Gasteiger partial charge >= 0.3 is 0 Å². The molecule has 132 valence electrons. The normalized spacial score (nSPS) is 10.4. The van der Waals surface area contributed by atoms with Crippen molar-refractivity contribution in [2.24, 2.45) is 0 Å². The number of hydrogen-bond donors (Lipinski definition) is 1. The van der Waals surface area contributed by atoms with E-state index in [1.165, 1.54) is 0 Å². The third kappa shape index (κ3) is 6.06. The Labute approximate surface area is 159 Å². The van der Waals surface area contributed by atoms with Gasteiger partial charge in [-0.3, -0.25) is 0 Å². The van der Waals surface area contributed by atoms with Gasteiger partial charge in [0.1, 0.15) is 6.61 Å². The summed E-state index contributed by atoms with van der Waals surface area (Å²) in [5, 5.41) is 4.58. The highest BCUT2D eigenvalue weighted by Crippen LogP contribution is 2.30. The van der Waals surface area contributed by atoms with Gasteiger partial charge in [0.15, 0.2) is 11.5 Å². The molecule has 2 rings (SSSR count). The minimum Gasteiger partial charge on any atom is -0.493 e. The summed E-state index contributed by atoms with van der Waals surface area (Å²) in [6.07, 6.45) is 0. The Morgan fingerprint density at radius 1 is 1.04 bits per heavy atom. The molecule has 0 unspecified atom stereocenters. The maximum Gasteiger partial charge on any atom is 0.161 e. The van der Waals surface area contributed by atoms with Gasteiger partial charge in [0.25, 0.3) is 0 Å². The summed E-state index contributed by atoms with van der Waals surface area (Å²) >= 11 is 12.1. The Balaban J connectivity index is 0.00000288. The molecule has 0 saturated heterocycles. The largest absolute Gasteiger partial charge is 0.493 e. The zero-order valence-corrected chi connectivity index (χ0v) is 16.3. The topological polar surface area (TPSA) is 30.5 Å². The van der Waals surface area contributed by atoms with E-state index >= 15 is 0 Å².